The summed E-state index contributed by atoms with van der Waals surface area (Å²) >= 11 is 5.25. The number of aromatic hydroxyl groups is 1. The summed E-state index contributed by atoms with van der Waals surface area (Å²) in [6.45, 7) is 6.98. The van der Waals surface area contributed by atoms with Gasteiger partial charge in [-0.2, -0.15) is 0 Å². The number of phenolic OH excluding ortho intramolecular Hbond substituents is 1. The molecule has 2 atom stereocenters. The van der Waals surface area contributed by atoms with Crippen LogP contribution in [0, 0.1) is 11.3 Å². The lowest BCUT2D eigenvalue weighted by Crippen LogP contribution is -2.38. The molecular formula is C21H25BrN2O2S. The fourth-order valence-electron chi connectivity index (χ4n) is 4.16. The molecule has 0 saturated carbocycles. The van der Waals surface area contributed by atoms with Gasteiger partial charge in [-0.15, -0.1) is 11.3 Å². The summed E-state index contributed by atoms with van der Waals surface area (Å²) in [5.74, 6) is 0.828. The van der Waals surface area contributed by atoms with Crippen LogP contribution in [-0.4, -0.2) is 11.0 Å². The molecule has 4 nitrogen and oxygen atoms in total. The van der Waals surface area contributed by atoms with Gasteiger partial charge in [-0.25, -0.2) is 0 Å². The largest absolute Gasteiger partial charge is 0.508 e. The number of thiophene rings is 1. The molecule has 4 rings (SSSR count). The lowest BCUT2D eigenvalue weighted by Gasteiger charge is -2.36. The molecule has 1 aromatic carbocycles. The third kappa shape index (κ3) is 3.27. The first-order chi connectivity index (χ1) is 12.8. The molecule has 1 aliphatic carbocycles. The fourth-order valence-corrected chi connectivity index (χ4v) is 5.99. The molecule has 1 aliphatic heterocycles. The zero-order valence-electron chi connectivity index (χ0n) is 15.9. The van der Waals surface area contributed by atoms with Gasteiger partial charge in [0.15, 0.2) is 0 Å². The van der Waals surface area contributed by atoms with Crippen LogP contribution >= 0.6 is 27.3 Å². The van der Waals surface area contributed by atoms with Gasteiger partial charge in [0, 0.05) is 14.9 Å². The number of anilines is 1. The van der Waals surface area contributed by atoms with Crippen molar-refractivity contribution in [1.29, 1.82) is 0 Å². The van der Waals surface area contributed by atoms with Crippen LogP contribution in [0.4, 0.5) is 5.00 Å². The Labute approximate surface area is 172 Å². The maximum Gasteiger partial charge on any atom is 0.256 e. The molecule has 0 unspecified atom stereocenters. The van der Waals surface area contributed by atoms with Crippen molar-refractivity contribution in [2.45, 2.75) is 52.6 Å². The van der Waals surface area contributed by atoms with Crippen LogP contribution < -0.4 is 10.6 Å². The minimum atomic E-state index is -0.352. The standard InChI is InChI=1S/C21H25BrN2O2S/c1-4-21(2,3)11-5-7-13-16(9-11)27-20-17(13)19(26)23-18(24-20)14-10-12(25)6-8-15(14)22/h6,8,10-11,18,24-25H,4-5,7,9H2,1-3H3,(H,23,26)/t11-,18-/m0/s1. The van der Waals surface area contributed by atoms with Crippen molar-refractivity contribution in [1.82, 2.24) is 5.32 Å². The van der Waals surface area contributed by atoms with E-state index in [1.165, 1.54) is 16.9 Å². The molecule has 1 aromatic heterocycles. The molecule has 0 fully saturated rings. The Morgan fingerprint density at radius 3 is 2.85 bits per heavy atom. The monoisotopic (exact) mass is 448 g/mol. The van der Waals surface area contributed by atoms with Gasteiger partial charge < -0.3 is 15.7 Å². The quantitative estimate of drug-likeness (QED) is 0.571. The summed E-state index contributed by atoms with van der Waals surface area (Å²) in [6.07, 6.45) is 4.00. The minimum Gasteiger partial charge on any atom is -0.508 e. The van der Waals surface area contributed by atoms with E-state index in [1.807, 2.05) is 0 Å². The first-order valence-corrected chi connectivity index (χ1v) is 11.1. The second-order valence-corrected chi connectivity index (χ2v) is 10.2. The van der Waals surface area contributed by atoms with E-state index in [4.69, 9.17) is 0 Å². The first-order valence-electron chi connectivity index (χ1n) is 9.50. The normalized spacial score (nSPS) is 21.9. The van der Waals surface area contributed by atoms with Crippen LogP contribution in [0.15, 0.2) is 22.7 Å². The Balaban J connectivity index is 1.66. The maximum atomic E-state index is 12.9. The zero-order chi connectivity index (χ0) is 19.3. The second-order valence-electron chi connectivity index (χ2n) is 8.25. The molecule has 2 heterocycles. The van der Waals surface area contributed by atoms with E-state index in [0.29, 0.717) is 11.3 Å². The van der Waals surface area contributed by atoms with Gasteiger partial charge in [0.2, 0.25) is 0 Å². The van der Waals surface area contributed by atoms with Crippen molar-refractivity contribution in [3.8, 4) is 5.75 Å². The molecule has 0 radical (unpaired) electrons. The molecule has 1 amide bonds. The number of carbonyl (C=O) groups excluding carboxylic acids is 1. The number of rotatable bonds is 3. The van der Waals surface area contributed by atoms with E-state index in [-0.39, 0.29) is 17.8 Å². The van der Waals surface area contributed by atoms with Crippen LogP contribution in [0.25, 0.3) is 0 Å². The molecule has 0 bridgehead atoms. The van der Waals surface area contributed by atoms with Gasteiger partial charge in [0.1, 0.15) is 16.9 Å². The Hall–Kier alpha value is -1.53. The van der Waals surface area contributed by atoms with Crippen molar-refractivity contribution < 1.29 is 9.90 Å². The molecule has 27 heavy (non-hydrogen) atoms. The molecule has 3 N–H and O–H groups in total. The van der Waals surface area contributed by atoms with Crippen LogP contribution in [-0.2, 0) is 12.8 Å². The summed E-state index contributed by atoms with van der Waals surface area (Å²) in [5, 5.41) is 17.3. The number of carbonyl (C=O) groups is 1. The highest BCUT2D eigenvalue weighted by molar-refractivity contribution is 9.10. The van der Waals surface area contributed by atoms with E-state index in [0.717, 1.165) is 39.9 Å². The van der Waals surface area contributed by atoms with Crippen molar-refractivity contribution in [3.05, 3.63) is 44.2 Å². The van der Waals surface area contributed by atoms with Gasteiger partial charge in [0.05, 0.1) is 5.56 Å². The number of nitrogens with one attached hydrogen (secondary N) is 2. The number of phenols is 1. The van der Waals surface area contributed by atoms with E-state index < -0.39 is 0 Å². The molecule has 2 aromatic rings. The SMILES string of the molecule is CCC(C)(C)[C@H]1CCc2c(sc3c2C(=O)N[C@H](c2cc(O)ccc2Br)N3)C1. The smallest absolute Gasteiger partial charge is 0.256 e. The predicted molar refractivity (Wildman–Crippen MR) is 114 cm³/mol. The number of hydrogen-bond donors (Lipinski definition) is 3. The van der Waals surface area contributed by atoms with Crippen LogP contribution in [0.3, 0.4) is 0 Å². The highest BCUT2D eigenvalue weighted by Gasteiger charge is 2.37. The third-order valence-corrected chi connectivity index (χ3v) is 8.26. The highest BCUT2D eigenvalue weighted by atomic mass is 79.9. The van der Waals surface area contributed by atoms with Gasteiger partial charge in [-0.1, -0.05) is 43.1 Å². The Morgan fingerprint density at radius 2 is 2.11 bits per heavy atom. The summed E-state index contributed by atoms with van der Waals surface area (Å²) in [7, 11) is 0. The lowest BCUT2D eigenvalue weighted by atomic mass is 9.69. The summed E-state index contributed by atoms with van der Waals surface area (Å²) in [5.41, 5.74) is 3.21. The Morgan fingerprint density at radius 1 is 1.33 bits per heavy atom. The van der Waals surface area contributed by atoms with Crippen molar-refractivity contribution in [2.75, 3.05) is 5.32 Å². The van der Waals surface area contributed by atoms with Gasteiger partial charge >= 0.3 is 0 Å². The molecule has 144 valence electrons. The lowest BCUT2D eigenvalue weighted by molar-refractivity contribution is 0.0934. The average Bonchev–Trinajstić information content (AvgIpc) is 3.01. The van der Waals surface area contributed by atoms with E-state index in [1.54, 1.807) is 29.5 Å². The average molecular weight is 449 g/mol. The molecule has 6 heteroatoms. The van der Waals surface area contributed by atoms with E-state index in [2.05, 4.69) is 47.3 Å². The fraction of sp³-hybridized carbons (Fsp3) is 0.476. The van der Waals surface area contributed by atoms with Crippen molar-refractivity contribution in [3.63, 3.8) is 0 Å². The van der Waals surface area contributed by atoms with Crippen LogP contribution in [0.5, 0.6) is 5.75 Å². The summed E-state index contributed by atoms with van der Waals surface area (Å²) < 4.78 is 0.854. The highest BCUT2D eigenvalue weighted by Crippen LogP contribution is 2.47. The van der Waals surface area contributed by atoms with Gasteiger partial charge in [0.25, 0.3) is 5.91 Å². The molecular weight excluding hydrogens is 424 g/mol. The number of amides is 1. The Kier molecular flexibility index (Phi) is 4.75. The molecule has 0 saturated heterocycles. The van der Waals surface area contributed by atoms with Gasteiger partial charge in [-0.05, 0) is 54.4 Å². The van der Waals surface area contributed by atoms with Crippen LogP contribution in [0.2, 0.25) is 0 Å². The van der Waals surface area contributed by atoms with E-state index in [9.17, 15) is 9.90 Å². The summed E-state index contributed by atoms with van der Waals surface area (Å²) in [4.78, 5) is 14.3. The first kappa shape index (κ1) is 18.8. The predicted octanol–water partition coefficient (Wildman–Crippen LogP) is 5.61. The van der Waals surface area contributed by atoms with Gasteiger partial charge in [-0.3, -0.25) is 4.79 Å². The summed E-state index contributed by atoms with van der Waals surface area (Å²) in [6, 6.07) is 5.11. The zero-order valence-corrected chi connectivity index (χ0v) is 18.3. The number of hydrogen-bond acceptors (Lipinski definition) is 4. The third-order valence-electron chi connectivity index (χ3n) is 6.35. The van der Waals surface area contributed by atoms with Crippen LogP contribution in [0.1, 0.15) is 66.1 Å². The number of benzene rings is 1. The Bertz CT molecular complexity index is 906. The molecule has 2 aliphatic rings. The minimum absolute atomic E-state index is 0.0188. The van der Waals surface area contributed by atoms with Crippen molar-refractivity contribution >= 4 is 38.2 Å². The number of halogens is 1. The maximum absolute atomic E-state index is 12.9. The second kappa shape index (κ2) is 6.82. The number of fused-ring (bicyclic) bond motifs is 3. The van der Waals surface area contributed by atoms with E-state index >= 15 is 0 Å². The van der Waals surface area contributed by atoms with Crippen molar-refractivity contribution in [2.24, 2.45) is 11.3 Å². The molecule has 0 spiro atoms. The topological polar surface area (TPSA) is 61.4 Å².